The molecule has 0 aliphatic heterocycles. The second-order valence-electron chi connectivity index (χ2n) is 8.58. The van der Waals surface area contributed by atoms with E-state index in [0.29, 0.717) is 0 Å². The Hall–Kier alpha value is -1.65. The largest absolute Gasteiger partial charge is 0.0867 e. The zero-order valence-corrected chi connectivity index (χ0v) is 17.9. The van der Waals surface area contributed by atoms with Crippen molar-refractivity contribution in [3.63, 3.8) is 0 Å². The van der Waals surface area contributed by atoms with E-state index in [4.69, 9.17) is 0 Å². The molecule has 2 rings (SSSR count). The van der Waals surface area contributed by atoms with Crippen LogP contribution in [0.15, 0.2) is 72.1 Å². The lowest BCUT2D eigenvalue weighted by atomic mass is 9.95. The van der Waals surface area contributed by atoms with Gasteiger partial charge in [-0.2, -0.15) is 0 Å². The Morgan fingerprint density at radius 3 is 1.08 bits per heavy atom. The van der Waals surface area contributed by atoms with Gasteiger partial charge in [0.25, 0.3) is 0 Å². The third-order valence-electron chi connectivity index (χ3n) is 3.61. The molecular formula is C22H30Si2. The average Bonchev–Trinajstić information content (AvgIpc) is 2.50. The van der Waals surface area contributed by atoms with Crippen molar-refractivity contribution < 1.29 is 0 Å². The van der Waals surface area contributed by atoms with Gasteiger partial charge in [0.05, 0.1) is 16.1 Å². The summed E-state index contributed by atoms with van der Waals surface area (Å²) in [5.41, 5.74) is 10.6. The summed E-state index contributed by atoms with van der Waals surface area (Å²) in [5, 5.41) is 0. The quantitative estimate of drug-likeness (QED) is 0.406. The standard InChI is InChI=1S/C22H30Si2/c1-23(2,3)17-21(19-13-9-7-10-14-19)22(18-24(4,5)6)20-15-11-8-12-16-20/h7-18H,1-6H3/b21-17-,22-18-. The maximum absolute atomic E-state index is 2.56. The Kier molecular flexibility index (Phi) is 5.84. The molecular weight excluding hydrogens is 320 g/mol. The molecule has 0 bridgehead atoms. The first-order valence-corrected chi connectivity index (χ1v) is 15.9. The minimum atomic E-state index is -1.36. The van der Waals surface area contributed by atoms with E-state index >= 15 is 0 Å². The van der Waals surface area contributed by atoms with Crippen molar-refractivity contribution in [1.29, 1.82) is 0 Å². The molecule has 2 aromatic rings. The van der Waals surface area contributed by atoms with Crippen LogP contribution in [0.3, 0.4) is 0 Å². The zero-order valence-electron chi connectivity index (χ0n) is 15.9. The van der Waals surface area contributed by atoms with Gasteiger partial charge < -0.3 is 0 Å². The molecule has 0 nitrogen and oxygen atoms in total. The molecule has 0 heterocycles. The van der Waals surface area contributed by atoms with Gasteiger partial charge in [-0.15, -0.1) is 0 Å². The lowest BCUT2D eigenvalue weighted by molar-refractivity contribution is 1.58. The van der Waals surface area contributed by atoms with E-state index in [1.54, 1.807) is 0 Å². The SMILES string of the molecule is C[Si](C)(C)/C=C(\C(=C/[Si](C)(C)C)c1ccccc1)c1ccccc1. The summed E-state index contributed by atoms with van der Waals surface area (Å²) in [6.45, 7) is 14.5. The molecule has 2 heteroatoms. The second-order valence-corrected chi connectivity index (χ2v) is 18.6. The fraction of sp³-hybridized carbons (Fsp3) is 0.273. The molecule has 126 valence electrons. The summed E-state index contributed by atoms with van der Waals surface area (Å²) >= 11 is 0. The minimum absolute atomic E-state index is 1.33. The van der Waals surface area contributed by atoms with E-state index in [0.717, 1.165) is 0 Å². The van der Waals surface area contributed by atoms with Gasteiger partial charge >= 0.3 is 0 Å². The van der Waals surface area contributed by atoms with Crippen LogP contribution in [0.2, 0.25) is 39.3 Å². The van der Waals surface area contributed by atoms with E-state index in [2.05, 4.69) is 111 Å². The minimum Gasteiger partial charge on any atom is -0.0867 e. The van der Waals surface area contributed by atoms with Crippen LogP contribution in [0.5, 0.6) is 0 Å². The van der Waals surface area contributed by atoms with Crippen LogP contribution in [0.25, 0.3) is 11.1 Å². The summed E-state index contributed by atoms with van der Waals surface area (Å²) < 4.78 is 0. The maximum Gasteiger partial charge on any atom is 0.0695 e. The van der Waals surface area contributed by atoms with Gasteiger partial charge in [-0.25, -0.2) is 0 Å². The lowest BCUT2D eigenvalue weighted by Gasteiger charge is -2.22. The van der Waals surface area contributed by atoms with E-state index < -0.39 is 16.1 Å². The van der Waals surface area contributed by atoms with Crippen molar-refractivity contribution in [1.82, 2.24) is 0 Å². The highest BCUT2D eigenvalue weighted by molar-refractivity contribution is 6.83. The number of benzene rings is 2. The Balaban J connectivity index is 2.71. The summed E-state index contributed by atoms with van der Waals surface area (Å²) in [6.07, 6.45) is 0. The van der Waals surface area contributed by atoms with Crippen LogP contribution < -0.4 is 0 Å². The molecule has 2 aromatic carbocycles. The number of hydrogen-bond acceptors (Lipinski definition) is 0. The Labute approximate surface area is 150 Å². The fourth-order valence-corrected chi connectivity index (χ4v) is 5.11. The maximum atomic E-state index is 2.56. The van der Waals surface area contributed by atoms with Gasteiger partial charge in [-0.1, -0.05) is 111 Å². The Morgan fingerprint density at radius 1 is 0.542 bits per heavy atom. The van der Waals surface area contributed by atoms with Gasteiger partial charge in [-0.05, 0) is 22.3 Å². The predicted molar refractivity (Wildman–Crippen MR) is 116 cm³/mol. The van der Waals surface area contributed by atoms with Gasteiger partial charge in [-0.3, -0.25) is 0 Å². The summed E-state index contributed by atoms with van der Waals surface area (Å²) in [7, 11) is -2.72. The van der Waals surface area contributed by atoms with Crippen LogP contribution in [0.4, 0.5) is 0 Å². The van der Waals surface area contributed by atoms with Crippen LogP contribution in [-0.2, 0) is 0 Å². The topological polar surface area (TPSA) is 0 Å². The van der Waals surface area contributed by atoms with E-state index in [1.807, 2.05) is 0 Å². The molecule has 24 heavy (non-hydrogen) atoms. The number of allylic oxidation sites excluding steroid dienone is 2. The van der Waals surface area contributed by atoms with Gasteiger partial charge in [0.2, 0.25) is 0 Å². The number of hydrogen-bond donors (Lipinski definition) is 0. The van der Waals surface area contributed by atoms with Crippen LogP contribution in [0, 0.1) is 0 Å². The fourth-order valence-electron chi connectivity index (χ4n) is 2.73. The summed E-state index contributed by atoms with van der Waals surface area (Å²) in [4.78, 5) is 0. The van der Waals surface area contributed by atoms with Crippen molar-refractivity contribution in [2.45, 2.75) is 39.3 Å². The summed E-state index contributed by atoms with van der Waals surface area (Å²) in [5.74, 6) is 0. The Bertz CT molecular complexity index is 647. The molecule has 0 atom stereocenters. The summed E-state index contributed by atoms with van der Waals surface area (Å²) in [6, 6.07) is 21.7. The molecule has 0 amide bonds. The molecule has 0 N–H and O–H groups in total. The molecule has 0 fully saturated rings. The molecule has 0 aliphatic rings. The first kappa shape index (κ1) is 18.7. The molecule has 0 radical (unpaired) electrons. The van der Waals surface area contributed by atoms with E-state index in [9.17, 15) is 0 Å². The van der Waals surface area contributed by atoms with Gasteiger partial charge in [0.15, 0.2) is 0 Å². The number of rotatable bonds is 5. The molecule has 0 aromatic heterocycles. The molecule has 0 spiro atoms. The third kappa shape index (κ3) is 5.77. The highest BCUT2D eigenvalue weighted by atomic mass is 28.3. The monoisotopic (exact) mass is 350 g/mol. The molecule has 0 unspecified atom stereocenters. The second kappa shape index (κ2) is 7.50. The smallest absolute Gasteiger partial charge is 0.0695 e. The van der Waals surface area contributed by atoms with Crippen LogP contribution >= 0.6 is 0 Å². The zero-order chi connectivity index (χ0) is 17.8. The van der Waals surface area contributed by atoms with Crippen molar-refractivity contribution in [3.05, 3.63) is 83.2 Å². The first-order chi connectivity index (χ1) is 11.2. The third-order valence-corrected chi connectivity index (χ3v) is 5.92. The van der Waals surface area contributed by atoms with Gasteiger partial charge in [0, 0.05) is 0 Å². The van der Waals surface area contributed by atoms with Crippen molar-refractivity contribution >= 4 is 27.3 Å². The normalized spacial score (nSPS) is 13.9. The van der Waals surface area contributed by atoms with Crippen molar-refractivity contribution in [2.75, 3.05) is 0 Å². The van der Waals surface area contributed by atoms with E-state index in [-0.39, 0.29) is 0 Å². The van der Waals surface area contributed by atoms with Gasteiger partial charge in [0.1, 0.15) is 0 Å². The molecule has 0 saturated heterocycles. The van der Waals surface area contributed by atoms with Crippen LogP contribution in [-0.4, -0.2) is 16.1 Å². The highest BCUT2D eigenvalue weighted by Crippen LogP contribution is 2.34. The average molecular weight is 351 g/mol. The molecule has 0 aliphatic carbocycles. The first-order valence-electron chi connectivity index (χ1n) is 8.73. The Morgan fingerprint density at radius 2 is 0.833 bits per heavy atom. The predicted octanol–water partition coefficient (Wildman–Crippen LogP) is 6.91. The van der Waals surface area contributed by atoms with E-state index in [1.165, 1.54) is 22.3 Å². The lowest BCUT2D eigenvalue weighted by Crippen LogP contribution is -2.19. The van der Waals surface area contributed by atoms with Crippen LogP contribution in [0.1, 0.15) is 11.1 Å². The van der Waals surface area contributed by atoms with Crippen molar-refractivity contribution in [2.24, 2.45) is 0 Å². The highest BCUT2D eigenvalue weighted by Gasteiger charge is 2.19. The van der Waals surface area contributed by atoms with Crippen molar-refractivity contribution in [3.8, 4) is 0 Å². The molecule has 0 saturated carbocycles.